The lowest BCUT2D eigenvalue weighted by atomic mass is 10.3. The molecule has 1 rings (SSSR count). The fourth-order valence-electron chi connectivity index (χ4n) is 1.65. The molecule has 0 unspecified atom stereocenters. The predicted octanol–water partition coefficient (Wildman–Crippen LogP) is 1.68. The van der Waals surface area contributed by atoms with Crippen molar-refractivity contribution >= 4 is 16.3 Å². The summed E-state index contributed by atoms with van der Waals surface area (Å²) in [6.45, 7) is 4.79. The lowest BCUT2D eigenvalue weighted by Gasteiger charge is -2.18. The van der Waals surface area contributed by atoms with Crippen LogP contribution in [0.3, 0.4) is 0 Å². The van der Waals surface area contributed by atoms with E-state index in [2.05, 4.69) is 0 Å². The largest absolute Gasteiger partial charge is 0.493 e. The number of rotatable bonds is 8. The summed E-state index contributed by atoms with van der Waals surface area (Å²) in [5.41, 5.74) is 0. The van der Waals surface area contributed by atoms with Crippen molar-refractivity contribution in [3.05, 3.63) is 24.3 Å². The van der Waals surface area contributed by atoms with Crippen molar-refractivity contribution < 1.29 is 17.9 Å². The molecule has 0 heterocycles. The lowest BCUT2D eigenvalue weighted by Crippen LogP contribution is -2.30. The van der Waals surface area contributed by atoms with Crippen LogP contribution in [0.15, 0.2) is 29.2 Å². The Kier molecular flexibility index (Phi) is 5.98. The molecule has 0 aliphatic rings. The van der Waals surface area contributed by atoms with Gasteiger partial charge < -0.3 is 9.53 Å². The maximum absolute atomic E-state index is 12.2. The topological polar surface area (TPSA) is 63.7 Å². The molecule has 0 spiro atoms. The average molecular weight is 285 g/mol. The maximum atomic E-state index is 12.2. The molecule has 0 saturated heterocycles. The van der Waals surface area contributed by atoms with E-state index in [1.807, 2.05) is 0 Å². The van der Waals surface area contributed by atoms with Gasteiger partial charge in [0.15, 0.2) is 0 Å². The van der Waals surface area contributed by atoms with Gasteiger partial charge in [-0.15, -0.1) is 0 Å². The second kappa shape index (κ2) is 7.25. The van der Waals surface area contributed by atoms with E-state index in [0.29, 0.717) is 31.9 Å². The summed E-state index contributed by atoms with van der Waals surface area (Å²) in [7, 11) is -3.42. The number of benzene rings is 1. The second-order valence-corrected chi connectivity index (χ2v) is 5.80. The van der Waals surface area contributed by atoms with E-state index in [1.54, 1.807) is 26.0 Å². The first-order valence-electron chi connectivity index (χ1n) is 6.22. The summed E-state index contributed by atoms with van der Waals surface area (Å²) in [5.74, 6) is 0.556. The molecular weight excluding hydrogens is 266 g/mol. The minimum absolute atomic E-state index is 0.249. The van der Waals surface area contributed by atoms with E-state index >= 15 is 0 Å². The van der Waals surface area contributed by atoms with Crippen LogP contribution < -0.4 is 4.74 Å². The second-order valence-electron chi connectivity index (χ2n) is 3.86. The molecule has 1 aromatic rings. The Bertz CT molecular complexity index is 492. The van der Waals surface area contributed by atoms with Crippen molar-refractivity contribution in [1.29, 1.82) is 0 Å². The fourth-order valence-corrected chi connectivity index (χ4v) is 3.10. The first kappa shape index (κ1) is 15.7. The van der Waals surface area contributed by atoms with Gasteiger partial charge in [-0.05, 0) is 24.3 Å². The molecule has 0 aliphatic heterocycles. The highest BCUT2D eigenvalue weighted by Gasteiger charge is 2.21. The van der Waals surface area contributed by atoms with Crippen LogP contribution in [0.4, 0.5) is 0 Å². The van der Waals surface area contributed by atoms with Crippen molar-refractivity contribution in [3.63, 3.8) is 0 Å². The molecule has 0 bridgehead atoms. The minimum atomic E-state index is -3.42. The van der Waals surface area contributed by atoms with E-state index in [1.165, 1.54) is 16.4 Å². The molecule has 1 aromatic carbocycles. The van der Waals surface area contributed by atoms with Gasteiger partial charge in [0.25, 0.3) is 0 Å². The quantitative estimate of drug-likeness (QED) is 0.538. The van der Waals surface area contributed by atoms with E-state index in [9.17, 15) is 13.2 Å². The van der Waals surface area contributed by atoms with Crippen LogP contribution in [0.1, 0.15) is 20.3 Å². The summed E-state index contributed by atoms with van der Waals surface area (Å²) >= 11 is 0. The van der Waals surface area contributed by atoms with Gasteiger partial charge in [0, 0.05) is 19.5 Å². The average Bonchev–Trinajstić information content (AvgIpc) is 2.41. The Balaban J connectivity index is 2.83. The van der Waals surface area contributed by atoms with Crippen LogP contribution in [0, 0.1) is 0 Å². The molecule has 0 N–H and O–H groups in total. The fraction of sp³-hybridized carbons (Fsp3) is 0.462. The zero-order valence-corrected chi connectivity index (χ0v) is 12.0. The normalized spacial score (nSPS) is 11.5. The zero-order valence-electron chi connectivity index (χ0n) is 11.2. The molecule has 6 heteroatoms. The van der Waals surface area contributed by atoms with E-state index in [-0.39, 0.29) is 4.90 Å². The SMILES string of the molecule is CCN(CC)S(=O)(=O)c1ccc(OCCC=O)cc1. The highest BCUT2D eigenvalue weighted by Crippen LogP contribution is 2.19. The predicted molar refractivity (Wildman–Crippen MR) is 72.7 cm³/mol. The number of hydrogen-bond donors (Lipinski definition) is 0. The van der Waals surface area contributed by atoms with Gasteiger partial charge in [0.2, 0.25) is 10.0 Å². The Hall–Kier alpha value is -1.40. The molecule has 0 aromatic heterocycles. The van der Waals surface area contributed by atoms with Gasteiger partial charge in [0.1, 0.15) is 12.0 Å². The molecule has 0 aliphatic carbocycles. The standard InChI is InChI=1S/C13H19NO4S/c1-3-14(4-2)19(16,17)13-8-6-12(7-9-13)18-11-5-10-15/h6-10H,3-5,11H2,1-2H3. The number of ether oxygens (including phenoxy) is 1. The van der Waals surface area contributed by atoms with E-state index < -0.39 is 10.0 Å². The van der Waals surface area contributed by atoms with Gasteiger partial charge in [-0.1, -0.05) is 13.8 Å². The maximum Gasteiger partial charge on any atom is 0.243 e. The van der Waals surface area contributed by atoms with Gasteiger partial charge in [-0.3, -0.25) is 0 Å². The Morgan fingerprint density at radius 3 is 2.21 bits per heavy atom. The Labute approximate surface area is 114 Å². The number of nitrogens with zero attached hydrogens (tertiary/aromatic N) is 1. The minimum Gasteiger partial charge on any atom is -0.493 e. The monoisotopic (exact) mass is 285 g/mol. The molecule has 5 nitrogen and oxygen atoms in total. The molecular formula is C13H19NO4S. The lowest BCUT2D eigenvalue weighted by molar-refractivity contribution is -0.108. The van der Waals surface area contributed by atoms with Crippen LogP contribution in [-0.2, 0) is 14.8 Å². The van der Waals surface area contributed by atoms with Gasteiger partial charge in [0.05, 0.1) is 11.5 Å². The number of aldehydes is 1. The molecule has 0 fully saturated rings. The number of carbonyl (C=O) groups excluding carboxylic acids is 1. The van der Waals surface area contributed by atoms with Gasteiger partial charge in [-0.2, -0.15) is 4.31 Å². The number of sulfonamides is 1. The molecule has 0 radical (unpaired) electrons. The van der Waals surface area contributed by atoms with Crippen molar-refractivity contribution in [2.24, 2.45) is 0 Å². The van der Waals surface area contributed by atoms with Crippen LogP contribution >= 0.6 is 0 Å². The molecule has 0 saturated carbocycles. The Morgan fingerprint density at radius 1 is 1.16 bits per heavy atom. The zero-order chi connectivity index (χ0) is 14.3. The van der Waals surface area contributed by atoms with Crippen molar-refractivity contribution in [2.45, 2.75) is 25.2 Å². The molecule has 0 amide bonds. The van der Waals surface area contributed by atoms with Crippen LogP contribution in [0.2, 0.25) is 0 Å². The van der Waals surface area contributed by atoms with Gasteiger partial charge in [-0.25, -0.2) is 8.42 Å². The Morgan fingerprint density at radius 2 is 1.74 bits per heavy atom. The van der Waals surface area contributed by atoms with Crippen molar-refractivity contribution in [2.75, 3.05) is 19.7 Å². The third kappa shape index (κ3) is 4.04. The third-order valence-corrected chi connectivity index (χ3v) is 4.74. The first-order valence-corrected chi connectivity index (χ1v) is 7.66. The summed E-state index contributed by atoms with van der Waals surface area (Å²) in [4.78, 5) is 10.4. The van der Waals surface area contributed by atoms with E-state index in [0.717, 1.165) is 6.29 Å². The molecule has 106 valence electrons. The van der Waals surface area contributed by atoms with Crippen LogP contribution in [0.5, 0.6) is 5.75 Å². The van der Waals surface area contributed by atoms with Crippen molar-refractivity contribution in [3.8, 4) is 5.75 Å². The highest BCUT2D eigenvalue weighted by molar-refractivity contribution is 7.89. The first-order chi connectivity index (χ1) is 9.06. The summed E-state index contributed by atoms with van der Waals surface area (Å²) in [6.07, 6.45) is 1.10. The third-order valence-electron chi connectivity index (χ3n) is 2.67. The van der Waals surface area contributed by atoms with Crippen molar-refractivity contribution in [1.82, 2.24) is 4.31 Å². The van der Waals surface area contributed by atoms with E-state index in [4.69, 9.17) is 4.74 Å². The summed E-state index contributed by atoms with van der Waals surface area (Å²) in [5, 5.41) is 0. The summed E-state index contributed by atoms with van der Waals surface area (Å²) < 4.78 is 31.1. The molecule has 0 atom stereocenters. The van der Waals surface area contributed by atoms with Crippen LogP contribution in [-0.4, -0.2) is 38.7 Å². The highest BCUT2D eigenvalue weighted by atomic mass is 32.2. The number of carbonyl (C=O) groups is 1. The summed E-state index contributed by atoms with van der Waals surface area (Å²) in [6, 6.07) is 6.23. The smallest absolute Gasteiger partial charge is 0.243 e. The van der Waals surface area contributed by atoms with Crippen LogP contribution in [0.25, 0.3) is 0 Å². The molecule has 19 heavy (non-hydrogen) atoms. The van der Waals surface area contributed by atoms with Gasteiger partial charge >= 0.3 is 0 Å². The number of hydrogen-bond acceptors (Lipinski definition) is 4.